The Hall–Kier alpha value is -1.66. The average Bonchev–Trinajstić information content (AvgIpc) is 2.62. The second-order valence-corrected chi connectivity index (χ2v) is 6.83. The van der Waals surface area contributed by atoms with Gasteiger partial charge in [-0.2, -0.15) is 0 Å². The number of hydrogen-bond donors (Lipinski definition) is 2. The first kappa shape index (κ1) is 19.7. The van der Waals surface area contributed by atoms with E-state index in [4.69, 9.17) is 11.6 Å². The third-order valence-electron chi connectivity index (χ3n) is 4.56. The quantitative estimate of drug-likeness (QED) is 0.810. The van der Waals surface area contributed by atoms with Crippen LogP contribution in [0.4, 0.5) is 10.1 Å². The molecule has 1 saturated heterocycles. The van der Waals surface area contributed by atoms with Crippen LogP contribution in [-0.2, 0) is 9.59 Å². The molecule has 1 aliphatic rings. The molecule has 25 heavy (non-hydrogen) atoms. The van der Waals surface area contributed by atoms with Crippen LogP contribution in [0.3, 0.4) is 0 Å². The largest absolute Gasteiger partial charge is 0.356 e. The molecule has 2 rings (SSSR count). The molecule has 0 saturated carbocycles. The van der Waals surface area contributed by atoms with Gasteiger partial charge in [0.05, 0.1) is 11.7 Å². The van der Waals surface area contributed by atoms with Gasteiger partial charge in [0.2, 0.25) is 11.8 Å². The Labute approximate surface area is 152 Å². The number of benzene rings is 1. The van der Waals surface area contributed by atoms with E-state index in [0.717, 1.165) is 19.3 Å². The number of piperidine rings is 1. The van der Waals surface area contributed by atoms with Gasteiger partial charge in [0.15, 0.2) is 0 Å². The van der Waals surface area contributed by atoms with Gasteiger partial charge in [0, 0.05) is 17.5 Å². The van der Waals surface area contributed by atoms with Crippen molar-refractivity contribution in [1.29, 1.82) is 0 Å². The zero-order valence-electron chi connectivity index (χ0n) is 14.6. The highest BCUT2D eigenvalue weighted by atomic mass is 35.5. The lowest BCUT2D eigenvalue weighted by atomic mass is 9.95. The molecule has 0 aromatic heterocycles. The van der Waals surface area contributed by atoms with Crippen LogP contribution < -0.4 is 10.6 Å². The van der Waals surface area contributed by atoms with E-state index in [-0.39, 0.29) is 23.4 Å². The van der Waals surface area contributed by atoms with E-state index in [1.54, 1.807) is 6.92 Å². The van der Waals surface area contributed by atoms with E-state index >= 15 is 0 Å². The Morgan fingerprint density at radius 1 is 1.36 bits per heavy atom. The Morgan fingerprint density at radius 2 is 2.04 bits per heavy atom. The van der Waals surface area contributed by atoms with Gasteiger partial charge in [-0.3, -0.25) is 14.5 Å². The fourth-order valence-corrected chi connectivity index (χ4v) is 3.11. The van der Waals surface area contributed by atoms with Crippen molar-refractivity contribution in [2.24, 2.45) is 5.92 Å². The molecule has 1 fully saturated rings. The van der Waals surface area contributed by atoms with Crippen LogP contribution in [0.5, 0.6) is 0 Å². The van der Waals surface area contributed by atoms with Crippen molar-refractivity contribution in [3.63, 3.8) is 0 Å². The molecule has 138 valence electrons. The molecule has 0 radical (unpaired) electrons. The summed E-state index contributed by atoms with van der Waals surface area (Å²) in [6.07, 6.45) is 2.36. The Balaban J connectivity index is 1.87. The lowest BCUT2D eigenvalue weighted by molar-refractivity contribution is -0.127. The van der Waals surface area contributed by atoms with Gasteiger partial charge in [-0.15, -0.1) is 0 Å². The molecule has 0 unspecified atom stereocenters. The van der Waals surface area contributed by atoms with Crippen LogP contribution in [0, 0.1) is 11.7 Å². The van der Waals surface area contributed by atoms with Gasteiger partial charge in [0.25, 0.3) is 0 Å². The maximum atomic E-state index is 13.7. The zero-order chi connectivity index (χ0) is 18.4. The van der Waals surface area contributed by atoms with Crippen molar-refractivity contribution in [3.05, 3.63) is 29.0 Å². The van der Waals surface area contributed by atoms with E-state index in [1.165, 1.54) is 18.2 Å². The number of carbonyl (C=O) groups excluding carboxylic acids is 2. The number of hydrogen-bond acceptors (Lipinski definition) is 3. The average molecular weight is 370 g/mol. The van der Waals surface area contributed by atoms with Crippen LogP contribution in [0.25, 0.3) is 0 Å². The number of nitrogens with zero attached hydrogens (tertiary/aromatic N) is 1. The zero-order valence-corrected chi connectivity index (χ0v) is 15.4. The van der Waals surface area contributed by atoms with Gasteiger partial charge < -0.3 is 10.6 Å². The highest BCUT2D eigenvalue weighted by Crippen LogP contribution is 2.22. The number of likely N-dealkylation sites (tertiary alicyclic amines) is 1. The van der Waals surface area contributed by atoms with Gasteiger partial charge in [0.1, 0.15) is 5.82 Å². The first-order valence-corrected chi connectivity index (χ1v) is 9.07. The minimum absolute atomic E-state index is 0.00318. The third kappa shape index (κ3) is 5.41. The van der Waals surface area contributed by atoms with Crippen molar-refractivity contribution in [3.8, 4) is 0 Å². The van der Waals surface area contributed by atoms with E-state index in [2.05, 4.69) is 10.6 Å². The van der Waals surface area contributed by atoms with Gasteiger partial charge in [-0.05, 0) is 57.5 Å². The molecule has 0 spiro atoms. The molecule has 5 nitrogen and oxygen atoms in total. The number of halogens is 2. The molecule has 1 aromatic rings. The van der Waals surface area contributed by atoms with E-state index < -0.39 is 11.9 Å². The van der Waals surface area contributed by atoms with Crippen molar-refractivity contribution in [1.82, 2.24) is 10.2 Å². The van der Waals surface area contributed by atoms with E-state index in [1.807, 2.05) is 11.8 Å². The van der Waals surface area contributed by atoms with Crippen molar-refractivity contribution in [2.45, 2.75) is 39.2 Å². The molecule has 0 bridgehead atoms. The Morgan fingerprint density at radius 3 is 2.68 bits per heavy atom. The molecule has 1 atom stereocenters. The van der Waals surface area contributed by atoms with Crippen LogP contribution in [-0.4, -0.2) is 42.4 Å². The fraction of sp³-hybridized carbons (Fsp3) is 0.556. The summed E-state index contributed by atoms with van der Waals surface area (Å²) in [5, 5.41) is 5.88. The van der Waals surface area contributed by atoms with Crippen molar-refractivity contribution in [2.75, 3.05) is 25.0 Å². The number of amides is 2. The molecule has 0 aliphatic carbocycles. The first-order chi connectivity index (χ1) is 11.9. The monoisotopic (exact) mass is 369 g/mol. The summed E-state index contributed by atoms with van der Waals surface area (Å²) in [5.41, 5.74) is 0.0816. The van der Waals surface area contributed by atoms with Gasteiger partial charge in [-0.1, -0.05) is 18.5 Å². The van der Waals surface area contributed by atoms with Crippen molar-refractivity contribution < 1.29 is 14.0 Å². The molecular weight excluding hydrogens is 345 g/mol. The highest BCUT2D eigenvalue weighted by Gasteiger charge is 2.29. The topological polar surface area (TPSA) is 61.4 Å². The summed E-state index contributed by atoms with van der Waals surface area (Å²) in [6, 6.07) is 3.65. The molecule has 2 amide bonds. The van der Waals surface area contributed by atoms with Crippen LogP contribution in [0.2, 0.25) is 5.02 Å². The van der Waals surface area contributed by atoms with Crippen LogP contribution >= 0.6 is 11.6 Å². The van der Waals surface area contributed by atoms with Crippen LogP contribution in [0.1, 0.15) is 33.1 Å². The molecular formula is C18H25ClFN3O2. The fourth-order valence-electron chi connectivity index (χ4n) is 2.94. The Bertz CT molecular complexity index is 618. The lowest BCUT2D eigenvalue weighted by Crippen LogP contribution is -2.48. The number of nitrogens with one attached hydrogen (secondary N) is 2. The summed E-state index contributed by atoms with van der Waals surface area (Å²) in [4.78, 5) is 26.4. The SMILES string of the molecule is CCCNC(=O)C1CCN([C@@H](C)C(=O)Nc2cc(Cl)ccc2F)CC1. The van der Waals surface area contributed by atoms with E-state index in [9.17, 15) is 14.0 Å². The predicted molar refractivity (Wildman–Crippen MR) is 97.1 cm³/mol. The second-order valence-electron chi connectivity index (χ2n) is 6.39. The molecule has 1 aromatic carbocycles. The number of anilines is 1. The molecule has 7 heteroatoms. The maximum Gasteiger partial charge on any atom is 0.241 e. The predicted octanol–water partition coefficient (Wildman–Crippen LogP) is 3.04. The second kappa shape index (κ2) is 9.15. The summed E-state index contributed by atoms with van der Waals surface area (Å²) >= 11 is 5.84. The van der Waals surface area contributed by atoms with Crippen LogP contribution in [0.15, 0.2) is 18.2 Å². The Kier molecular flexibility index (Phi) is 7.20. The minimum atomic E-state index is -0.517. The van der Waals surface area contributed by atoms with E-state index in [0.29, 0.717) is 24.7 Å². The summed E-state index contributed by atoms with van der Waals surface area (Å²) in [6.45, 7) is 5.83. The lowest BCUT2D eigenvalue weighted by Gasteiger charge is -2.34. The number of rotatable bonds is 6. The van der Waals surface area contributed by atoms with Gasteiger partial charge >= 0.3 is 0 Å². The first-order valence-electron chi connectivity index (χ1n) is 8.70. The smallest absolute Gasteiger partial charge is 0.241 e. The maximum absolute atomic E-state index is 13.7. The highest BCUT2D eigenvalue weighted by molar-refractivity contribution is 6.30. The molecule has 2 N–H and O–H groups in total. The summed E-state index contributed by atoms with van der Waals surface area (Å²) in [5.74, 6) is -0.700. The normalized spacial score (nSPS) is 17.1. The van der Waals surface area contributed by atoms with Gasteiger partial charge in [-0.25, -0.2) is 4.39 Å². The minimum Gasteiger partial charge on any atom is -0.356 e. The summed E-state index contributed by atoms with van der Waals surface area (Å²) in [7, 11) is 0. The molecule has 1 aliphatic heterocycles. The molecule has 1 heterocycles. The van der Waals surface area contributed by atoms with Crippen molar-refractivity contribution >= 4 is 29.1 Å². The third-order valence-corrected chi connectivity index (χ3v) is 4.80. The summed E-state index contributed by atoms with van der Waals surface area (Å²) < 4.78 is 13.7. The number of carbonyl (C=O) groups is 2. The standard InChI is InChI=1S/C18H25ClFN3O2/c1-3-8-21-18(25)13-6-9-23(10-7-13)12(2)17(24)22-16-11-14(19)4-5-15(16)20/h4-5,11-13H,3,6-10H2,1-2H3,(H,21,25)(H,22,24)/t12-/m0/s1.